The molecular weight excluding hydrogens is 1740 g/mol. The second-order valence-corrected chi connectivity index (χ2v) is 36.2. The van der Waals surface area contributed by atoms with Crippen LogP contribution in [0.1, 0.15) is 166 Å². The Morgan fingerprint density at radius 2 is 0.408 bits per heavy atom. The Kier molecular flexibility index (Phi) is 46.4. The van der Waals surface area contributed by atoms with Gasteiger partial charge in [-0.25, -0.2) is 0 Å². The summed E-state index contributed by atoms with van der Waals surface area (Å²) in [5.41, 5.74) is -2.17. The molecule has 8 aliphatic rings. The molecule has 44 nitrogen and oxygen atoms in total. The van der Waals surface area contributed by atoms with Crippen LogP contribution in [0.15, 0.2) is 24.3 Å². The van der Waals surface area contributed by atoms with Crippen molar-refractivity contribution < 1.29 is 219 Å². The van der Waals surface area contributed by atoms with E-state index in [1.54, 1.807) is 24.3 Å². The molecule has 0 saturated carbocycles. The monoisotopic (exact) mass is 1890 g/mol. The zero-order chi connectivity index (χ0) is 94.8. The van der Waals surface area contributed by atoms with Crippen LogP contribution in [0.25, 0.3) is 0 Å². The standard InChI is InChI=1S/C86H150O44/c1-3-5-7-9-11-13-15-17-19-23-27-85(39-115-77-69(111)61(103)73(49(35-91)123-77)127-81-65(107)57(99)53(95)45(31-87)119-81,40-116-78-70(112)62(104)74(50(36-92)124-78)128-82-66(108)58(100)54(96)46(32-88)120-82)29-43-25-21-22-26-44(43)30-86(28-24-20-18-16-14-12-10-8-6-4-2,41-117-79-71(113)63(105)75(51(37-93)125-79)129-83-67(109)59(101)55(97)47(33-89)121-83)42-118-80-72(114)64(106)76(52(38-94)126-80)130-84-68(110)60(102)56(98)48(34-90)122-84/h21-22,25-26,45-84,87-114H,3-20,23-24,27-42H2,1-2H3/t45?,46?,47?,48?,49?,50?,51?,52?,53-,54-,55-,56-,57+,58+,59+,60+,61-,62-,63-,64-,65?,66?,67?,68?,69?,70?,71?,72?,73-,74-,75-,76-,77-,78-,79-,80-,81-,82+,83+,84+,85?,86?/m1/s1. The van der Waals surface area contributed by atoms with E-state index >= 15 is 0 Å². The molecule has 8 saturated heterocycles. The molecule has 0 aromatic heterocycles. The Morgan fingerprint density at radius 1 is 0.223 bits per heavy atom. The summed E-state index contributed by atoms with van der Waals surface area (Å²) in [6.45, 7) is -5.45. The lowest BCUT2D eigenvalue weighted by molar-refractivity contribution is -0.365. The van der Waals surface area contributed by atoms with Gasteiger partial charge in [0.05, 0.1) is 79.3 Å². The second-order valence-electron chi connectivity index (χ2n) is 36.2. The quantitative estimate of drug-likeness (QED) is 0.0269. The van der Waals surface area contributed by atoms with Crippen LogP contribution in [0.4, 0.5) is 0 Å². The Balaban J connectivity index is 1.12. The maximum Gasteiger partial charge on any atom is 0.187 e. The second kappa shape index (κ2) is 54.3. The number of aliphatic hydroxyl groups is 28. The summed E-state index contributed by atoms with van der Waals surface area (Å²) in [7, 11) is 0. The molecule has 0 amide bonds. The van der Waals surface area contributed by atoms with Crippen LogP contribution in [0.3, 0.4) is 0 Å². The number of rotatable bonds is 54. The largest absolute Gasteiger partial charge is 0.394 e. The predicted octanol–water partition coefficient (Wildman–Crippen LogP) is -8.07. The molecule has 0 radical (unpaired) electrons. The van der Waals surface area contributed by atoms with Gasteiger partial charge >= 0.3 is 0 Å². The Hall–Kier alpha value is -2.54. The topological polar surface area (TPSA) is 714 Å². The van der Waals surface area contributed by atoms with E-state index in [4.69, 9.17) is 75.8 Å². The zero-order valence-corrected chi connectivity index (χ0v) is 73.9. The van der Waals surface area contributed by atoms with Crippen LogP contribution < -0.4 is 0 Å². The van der Waals surface area contributed by atoms with Crippen molar-refractivity contribution in [2.24, 2.45) is 10.8 Å². The molecule has 0 spiro atoms. The molecule has 8 fully saturated rings. The first-order chi connectivity index (χ1) is 62.3. The average Bonchev–Trinajstić information content (AvgIpc) is 0.787. The highest BCUT2D eigenvalue weighted by Crippen LogP contribution is 2.43. The lowest BCUT2D eigenvalue weighted by atomic mass is 9.73. The SMILES string of the molecule is CCCCCCCCCCCCC(CO[C@@H]1OC(CO)[C@@H](O[C@H]2OC(CO)[C@@H](O)[C@H](O)C2O)[C@H](O)C1O)(CO[C@@H]1OC(CO)[C@@H](O[C@@H]2OC(CO)[C@@H](O)[C@H](O)C2O)[C@H](O)C1O)Cc1ccccc1CC(CCCCCCCCCCCC)(CO[C@@H]1OC(CO)[C@@H](O[C@@H]2OC(CO)[C@@H](O)[C@H](O)C2O)[C@H](O)C1O)CO[C@@H]1OC(CO)[C@@H](O[C@@H]2OC(CO)[C@@H](O)[C@H](O)C2O)[C@H](O)C1O. The third kappa shape index (κ3) is 28.6. The molecule has 0 bridgehead atoms. The minimum Gasteiger partial charge on any atom is -0.394 e. The third-order valence-corrected chi connectivity index (χ3v) is 26.4. The number of unbranched alkanes of at least 4 members (excludes halogenated alkanes) is 18. The third-order valence-electron chi connectivity index (χ3n) is 26.4. The van der Waals surface area contributed by atoms with Crippen molar-refractivity contribution >= 4 is 0 Å². The molecule has 1 aromatic carbocycles. The molecule has 41 atom stereocenters. The van der Waals surface area contributed by atoms with Crippen LogP contribution in [0.2, 0.25) is 0 Å². The van der Waals surface area contributed by atoms with E-state index in [0.29, 0.717) is 49.7 Å². The molecular formula is C86H150O44. The summed E-state index contributed by atoms with van der Waals surface area (Å²) in [5, 5.41) is 310. The van der Waals surface area contributed by atoms with E-state index in [1.807, 2.05) is 0 Å². The van der Waals surface area contributed by atoms with Gasteiger partial charge in [0.2, 0.25) is 0 Å². The molecule has 17 unspecified atom stereocenters. The molecule has 1 aromatic rings. The van der Waals surface area contributed by atoms with Crippen LogP contribution in [0, 0.1) is 10.8 Å². The highest BCUT2D eigenvalue weighted by molar-refractivity contribution is 5.30. The molecule has 130 heavy (non-hydrogen) atoms. The van der Waals surface area contributed by atoms with Gasteiger partial charge in [-0.3, -0.25) is 0 Å². The number of hydrogen-bond donors (Lipinski definition) is 28. The van der Waals surface area contributed by atoms with E-state index in [0.717, 1.165) is 89.9 Å². The lowest BCUT2D eigenvalue weighted by Crippen LogP contribution is -2.65. The average molecular weight is 1890 g/mol. The van der Waals surface area contributed by atoms with Crippen molar-refractivity contribution in [3.63, 3.8) is 0 Å². The summed E-state index contributed by atoms with van der Waals surface area (Å²) < 4.78 is 97.5. The van der Waals surface area contributed by atoms with Crippen molar-refractivity contribution in [2.75, 3.05) is 79.3 Å². The van der Waals surface area contributed by atoms with Gasteiger partial charge in [0.25, 0.3) is 0 Å². The number of hydrogen-bond acceptors (Lipinski definition) is 44. The summed E-state index contributed by atoms with van der Waals surface area (Å²) in [5.74, 6) is 0. The van der Waals surface area contributed by atoms with E-state index < -0.39 is 336 Å². The van der Waals surface area contributed by atoms with Gasteiger partial charge < -0.3 is 219 Å². The predicted molar refractivity (Wildman–Crippen MR) is 441 cm³/mol. The Bertz CT molecular complexity index is 2890. The highest BCUT2D eigenvalue weighted by atomic mass is 16.8. The molecule has 44 heteroatoms. The molecule has 0 aliphatic carbocycles. The van der Waals surface area contributed by atoms with Gasteiger partial charge in [0.15, 0.2) is 50.3 Å². The van der Waals surface area contributed by atoms with Gasteiger partial charge in [-0.05, 0) is 36.8 Å². The lowest BCUT2D eigenvalue weighted by Gasteiger charge is -2.47. The Labute approximate surface area is 755 Å². The molecule has 8 aliphatic heterocycles. The smallest absolute Gasteiger partial charge is 0.187 e. The number of aliphatic hydroxyl groups excluding tert-OH is 28. The fraction of sp³-hybridized carbons (Fsp3) is 0.930. The van der Waals surface area contributed by atoms with Gasteiger partial charge in [0, 0.05) is 10.8 Å². The van der Waals surface area contributed by atoms with E-state index in [1.165, 1.54) is 0 Å². The first kappa shape index (κ1) is 111. The maximum absolute atomic E-state index is 12.2. The van der Waals surface area contributed by atoms with Crippen molar-refractivity contribution in [1.82, 2.24) is 0 Å². The van der Waals surface area contributed by atoms with Crippen molar-refractivity contribution in [1.29, 1.82) is 0 Å². The van der Waals surface area contributed by atoms with Crippen LogP contribution >= 0.6 is 0 Å². The maximum atomic E-state index is 12.2. The van der Waals surface area contributed by atoms with Crippen LogP contribution in [-0.4, -0.2) is 468 Å². The molecule has 758 valence electrons. The summed E-state index contributed by atoms with van der Waals surface area (Å²) in [6, 6.07) is 6.86. The molecule has 28 N–H and O–H groups in total. The molecule has 9 rings (SSSR count). The van der Waals surface area contributed by atoms with Crippen molar-refractivity contribution in [2.45, 2.75) is 414 Å². The fourth-order valence-electron chi connectivity index (χ4n) is 18.2. The fourth-order valence-corrected chi connectivity index (χ4v) is 18.2. The Morgan fingerprint density at radius 3 is 0.608 bits per heavy atom. The van der Waals surface area contributed by atoms with Crippen LogP contribution in [-0.2, 0) is 88.6 Å². The van der Waals surface area contributed by atoms with Gasteiger partial charge in [-0.2, -0.15) is 0 Å². The van der Waals surface area contributed by atoms with E-state index in [2.05, 4.69) is 13.8 Å². The zero-order valence-electron chi connectivity index (χ0n) is 73.9. The van der Waals surface area contributed by atoms with Gasteiger partial charge in [-0.1, -0.05) is 167 Å². The summed E-state index contributed by atoms with van der Waals surface area (Å²) >= 11 is 0. The van der Waals surface area contributed by atoms with Gasteiger partial charge in [0.1, 0.15) is 195 Å². The normalized spacial score (nSPS) is 41.5. The minimum atomic E-state index is -2.11. The summed E-state index contributed by atoms with van der Waals surface area (Å²) in [4.78, 5) is 0. The highest BCUT2D eigenvalue weighted by Gasteiger charge is 2.58. The van der Waals surface area contributed by atoms with Crippen molar-refractivity contribution in [3.05, 3.63) is 35.4 Å². The van der Waals surface area contributed by atoms with Gasteiger partial charge in [-0.15, -0.1) is 0 Å². The first-order valence-corrected chi connectivity index (χ1v) is 46.2. The molecule has 8 heterocycles. The first-order valence-electron chi connectivity index (χ1n) is 46.2. The summed E-state index contributed by atoms with van der Waals surface area (Å²) in [6.07, 6.45) is -58.1. The van der Waals surface area contributed by atoms with E-state index in [9.17, 15) is 143 Å². The van der Waals surface area contributed by atoms with Crippen molar-refractivity contribution in [3.8, 4) is 0 Å². The van der Waals surface area contributed by atoms with E-state index in [-0.39, 0.29) is 25.7 Å². The number of ether oxygens (including phenoxy) is 16. The minimum absolute atomic E-state index is 0.0851. The van der Waals surface area contributed by atoms with Crippen LogP contribution in [0.5, 0.6) is 0 Å². The number of benzene rings is 1.